The van der Waals surface area contributed by atoms with E-state index in [1.54, 1.807) is 29.3 Å². The lowest BCUT2D eigenvalue weighted by molar-refractivity contribution is 0.0429. The number of aryl methyl sites for hydroxylation is 1. The smallest absolute Gasteiger partial charge is 0.231 e. The maximum atomic E-state index is 15.1. The number of nitrogens with one attached hydrogen (secondary N) is 1. The number of halogens is 2. The highest BCUT2D eigenvalue weighted by molar-refractivity contribution is 6.31. The second-order valence-corrected chi connectivity index (χ2v) is 11.2. The Bertz CT molecular complexity index is 1600. The number of aromatic amines is 1. The molecule has 12 N–H and O–H groups in total. The third kappa shape index (κ3) is 8.92. The van der Waals surface area contributed by atoms with Gasteiger partial charge >= 0.3 is 0 Å². The van der Waals surface area contributed by atoms with Crippen LogP contribution in [0.25, 0.3) is 17.5 Å². The van der Waals surface area contributed by atoms with Crippen molar-refractivity contribution in [2.75, 3.05) is 18.0 Å². The number of nitrogens with zero attached hydrogens (tertiary/aromatic N) is 4. The summed E-state index contributed by atoms with van der Waals surface area (Å²) in [5.41, 5.74) is 31.4. The van der Waals surface area contributed by atoms with E-state index in [0.717, 1.165) is 30.4 Å². The molecule has 2 heterocycles. The molecule has 1 aliphatic rings. The second-order valence-electron chi connectivity index (χ2n) is 10.8. The molecule has 0 amide bonds. The number of anilines is 1. The van der Waals surface area contributed by atoms with Crippen LogP contribution in [0.3, 0.4) is 0 Å². The summed E-state index contributed by atoms with van der Waals surface area (Å²) in [6.07, 6.45) is 3.26. The SMILES string of the molecule is C[C@H](N)CCCc1cc(Cl)c(F)c(-c2cc3c([nH]2)=NC(O)N(c2ccc(CO[C@H](CCN=C(N)N)CN=C(N)N)cc2)C=3)c1. The molecule has 2 aromatic carbocycles. The van der Waals surface area contributed by atoms with E-state index in [0.29, 0.717) is 47.2 Å². The Morgan fingerprint density at radius 2 is 1.82 bits per heavy atom. The molecule has 0 bridgehead atoms. The minimum atomic E-state index is -1.19. The lowest BCUT2D eigenvalue weighted by atomic mass is 10.0. The van der Waals surface area contributed by atoms with Crippen molar-refractivity contribution in [3.63, 3.8) is 0 Å². The summed E-state index contributed by atoms with van der Waals surface area (Å²) >= 11 is 6.25. The van der Waals surface area contributed by atoms with Crippen LogP contribution in [0.2, 0.25) is 5.02 Å². The van der Waals surface area contributed by atoms with Gasteiger partial charge in [-0.25, -0.2) is 9.38 Å². The summed E-state index contributed by atoms with van der Waals surface area (Å²) in [5, 5.41) is 11.6. The number of H-pyrrole nitrogens is 1. The van der Waals surface area contributed by atoms with Crippen molar-refractivity contribution in [1.29, 1.82) is 0 Å². The fraction of sp³-hybridized carbons (Fsp3) is 0.367. The first-order chi connectivity index (χ1) is 21.0. The quantitative estimate of drug-likeness (QED) is 0.101. The molecule has 0 fully saturated rings. The van der Waals surface area contributed by atoms with E-state index in [9.17, 15) is 5.11 Å². The number of aliphatic hydroxyl groups is 1. The van der Waals surface area contributed by atoms with Crippen LogP contribution < -0.4 is 44.3 Å². The van der Waals surface area contributed by atoms with Crippen molar-refractivity contribution >= 4 is 35.4 Å². The average molecular weight is 627 g/mol. The van der Waals surface area contributed by atoms with Gasteiger partial charge in [0.1, 0.15) is 5.49 Å². The van der Waals surface area contributed by atoms with Gasteiger partial charge in [-0.2, -0.15) is 0 Å². The van der Waals surface area contributed by atoms with Crippen LogP contribution in [-0.4, -0.2) is 53.6 Å². The van der Waals surface area contributed by atoms with Crippen molar-refractivity contribution in [2.45, 2.75) is 57.7 Å². The normalized spacial score (nSPS) is 15.5. The van der Waals surface area contributed by atoms with Crippen molar-refractivity contribution in [3.8, 4) is 11.3 Å². The van der Waals surface area contributed by atoms with Crippen molar-refractivity contribution < 1.29 is 14.2 Å². The Kier molecular flexibility index (Phi) is 11.2. The lowest BCUT2D eigenvalue weighted by Crippen LogP contribution is -2.41. The molecule has 0 spiro atoms. The zero-order valence-corrected chi connectivity index (χ0v) is 25.3. The third-order valence-electron chi connectivity index (χ3n) is 7.04. The minimum Gasteiger partial charge on any atom is -0.372 e. The zero-order valence-electron chi connectivity index (χ0n) is 24.6. The van der Waals surface area contributed by atoms with E-state index in [1.807, 2.05) is 31.2 Å². The molecule has 1 aliphatic heterocycles. The van der Waals surface area contributed by atoms with Gasteiger partial charge in [0, 0.05) is 35.3 Å². The van der Waals surface area contributed by atoms with Gasteiger partial charge in [0.25, 0.3) is 0 Å². The topological polar surface area (TPSA) is 216 Å². The Balaban J connectivity index is 1.48. The summed E-state index contributed by atoms with van der Waals surface area (Å²) in [5.74, 6) is -0.546. The van der Waals surface area contributed by atoms with Crippen LogP contribution in [0.1, 0.15) is 37.3 Å². The molecule has 0 aliphatic carbocycles. The fourth-order valence-electron chi connectivity index (χ4n) is 4.78. The number of hydrogen-bond donors (Lipinski definition) is 7. The van der Waals surface area contributed by atoms with Crippen molar-refractivity contribution in [3.05, 3.63) is 75.1 Å². The number of aliphatic imine (C=N–C) groups is 2. The standard InChI is InChI=1S/C30H40ClFN10O2/c1-17(33)3-2-4-19-11-23(26(32)24(31)12-19)25-13-20-15-42(30(43)41-27(20)40-25)21-7-5-18(6-8-21)16-44-22(14-39-29(36)37)9-10-38-28(34)35/h5-8,11-13,15,17,22,30,43H,2-4,9-10,14,16,33H2,1H3,(H,40,41)(H4,34,35,38)(H4,36,37,39)/t17-,22+,30?/m0/s1. The zero-order chi connectivity index (χ0) is 31.8. The van der Waals surface area contributed by atoms with Crippen LogP contribution in [0.15, 0.2) is 57.4 Å². The first-order valence-corrected chi connectivity index (χ1v) is 14.7. The molecule has 12 nitrogen and oxygen atoms in total. The highest BCUT2D eigenvalue weighted by Gasteiger charge is 2.20. The number of aromatic nitrogens is 1. The molecule has 0 radical (unpaired) electrons. The number of hydrogen-bond acceptors (Lipinski definition) is 7. The second kappa shape index (κ2) is 15.0. The molecule has 0 saturated heterocycles. The fourth-order valence-corrected chi connectivity index (χ4v) is 5.02. The molecule has 1 aromatic heterocycles. The van der Waals surface area contributed by atoms with Gasteiger partial charge in [-0.15, -0.1) is 0 Å². The van der Waals surface area contributed by atoms with Gasteiger partial charge in [-0.1, -0.05) is 23.7 Å². The van der Waals surface area contributed by atoms with Crippen LogP contribution in [0.5, 0.6) is 0 Å². The van der Waals surface area contributed by atoms with Crippen molar-refractivity contribution in [1.82, 2.24) is 4.98 Å². The Hall–Kier alpha value is -4.17. The van der Waals surface area contributed by atoms with Crippen molar-refractivity contribution in [2.24, 2.45) is 43.6 Å². The summed E-state index contributed by atoms with van der Waals surface area (Å²) in [7, 11) is 0. The summed E-state index contributed by atoms with van der Waals surface area (Å²) in [6, 6.07) is 12.8. The van der Waals surface area contributed by atoms with Gasteiger partial charge in [0.2, 0.25) is 6.35 Å². The van der Waals surface area contributed by atoms with E-state index < -0.39 is 12.2 Å². The van der Waals surface area contributed by atoms with Gasteiger partial charge in [-0.05, 0) is 74.1 Å². The molecule has 44 heavy (non-hydrogen) atoms. The van der Waals surface area contributed by atoms with E-state index in [1.165, 1.54) is 0 Å². The number of benzene rings is 2. The van der Waals surface area contributed by atoms with E-state index >= 15 is 4.39 Å². The van der Waals surface area contributed by atoms with Gasteiger partial charge in [0.05, 0.1) is 30.0 Å². The number of ether oxygens (including phenoxy) is 1. The largest absolute Gasteiger partial charge is 0.372 e. The maximum absolute atomic E-state index is 15.1. The van der Waals surface area contributed by atoms with E-state index in [4.69, 9.17) is 45.0 Å². The molecule has 3 aromatic rings. The molecular formula is C30H40ClFN10O2. The van der Waals surface area contributed by atoms with Gasteiger partial charge in [0.15, 0.2) is 17.7 Å². The summed E-state index contributed by atoms with van der Waals surface area (Å²) in [6.45, 7) is 2.90. The predicted molar refractivity (Wildman–Crippen MR) is 173 cm³/mol. The molecular weight excluding hydrogens is 587 g/mol. The first-order valence-electron chi connectivity index (χ1n) is 14.3. The third-order valence-corrected chi connectivity index (χ3v) is 7.32. The maximum Gasteiger partial charge on any atom is 0.231 e. The van der Waals surface area contributed by atoms with Gasteiger partial charge in [-0.3, -0.25) is 9.98 Å². The number of guanidine groups is 2. The van der Waals surface area contributed by atoms with Crippen LogP contribution in [0, 0.1) is 5.82 Å². The Morgan fingerprint density at radius 3 is 2.50 bits per heavy atom. The lowest BCUT2D eigenvalue weighted by Gasteiger charge is -2.25. The Labute approximate surface area is 260 Å². The molecule has 0 saturated carbocycles. The molecule has 1 unspecified atom stereocenters. The average Bonchev–Trinajstić information content (AvgIpc) is 3.38. The van der Waals surface area contributed by atoms with Crippen LogP contribution >= 0.6 is 11.6 Å². The minimum absolute atomic E-state index is 0.00198. The van der Waals surface area contributed by atoms with Crippen LogP contribution in [-0.2, 0) is 17.8 Å². The molecule has 3 atom stereocenters. The summed E-state index contributed by atoms with van der Waals surface area (Å²) < 4.78 is 21.1. The summed E-state index contributed by atoms with van der Waals surface area (Å²) in [4.78, 5) is 17.2. The first kappa shape index (κ1) is 32.7. The highest BCUT2D eigenvalue weighted by atomic mass is 35.5. The number of rotatable bonds is 14. The Morgan fingerprint density at radius 1 is 1.09 bits per heavy atom. The number of aliphatic hydroxyl groups excluding tert-OH is 1. The number of fused-ring (bicyclic) bond motifs is 1. The van der Waals surface area contributed by atoms with E-state index in [-0.39, 0.29) is 35.6 Å². The molecule has 236 valence electrons. The highest BCUT2D eigenvalue weighted by Crippen LogP contribution is 2.29. The number of nitrogens with two attached hydrogens (primary N) is 5. The monoisotopic (exact) mass is 626 g/mol. The van der Waals surface area contributed by atoms with E-state index in [2.05, 4.69) is 20.0 Å². The molecule has 4 rings (SSSR count). The predicted octanol–water partition coefficient (Wildman–Crippen LogP) is 1.12. The van der Waals surface area contributed by atoms with Crippen LogP contribution in [0.4, 0.5) is 10.1 Å². The molecule has 14 heteroatoms. The van der Waals surface area contributed by atoms with Gasteiger partial charge < -0.3 is 48.4 Å².